The normalized spacial score (nSPS) is 15.1. The number of ketones is 1. The van der Waals surface area contributed by atoms with Crippen LogP contribution in [0.3, 0.4) is 0 Å². The van der Waals surface area contributed by atoms with Crippen LogP contribution in [-0.2, 0) is 0 Å². The molecule has 1 atom stereocenters. The van der Waals surface area contributed by atoms with Gasteiger partial charge in [0.25, 0.3) is 0 Å². The van der Waals surface area contributed by atoms with Gasteiger partial charge in [0.2, 0.25) is 5.78 Å². The van der Waals surface area contributed by atoms with Gasteiger partial charge >= 0.3 is 0 Å². The molecule has 0 saturated heterocycles. The lowest BCUT2D eigenvalue weighted by Crippen LogP contribution is -2.21. The summed E-state index contributed by atoms with van der Waals surface area (Å²) in [6.07, 6.45) is 0. The van der Waals surface area contributed by atoms with Gasteiger partial charge < -0.3 is 14.2 Å². The topological polar surface area (TPSA) is 68.6 Å². The van der Waals surface area contributed by atoms with Crippen molar-refractivity contribution in [3.05, 3.63) is 52.1 Å². The molecule has 1 aliphatic rings. The summed E-state index contributed by atoms with van der Waals surface area (Å²) in [6.45, 7) is 1.91. The summed E-state index contributed by atoms with van der Waals surface area (Å²) in [5, 5.41) is 9.77. The number of nitrogens with zero attached hydrogens (tertiary/aromatic N) is 1. The van der Waals surface area contributed by atoms with Crippen molar-refractivity contribution in [3.63, 3.8) is 0 Å². The largest absolute Gasteiger partial charge is 0.497 e. The highest BCUT2D eigenvalue weighted by molar-refractivity contribution is 6.16. The first-order chi connectivity index (χ1) is 11.5. The van der Waals surface area contributed by atoms with Crippen molar-refractivity contribution in [1.82, 2.24) is 0 Å². The minimum absolute atomic E-state index is 0.206. The molecule has 1 aliphatic carbocycles. The maximum Gasteiger partial charge on any atom is 0.201 e. The number of rotatable bonds is 3. The molecular formula is C19H17NO4. The molecule has 0 N–H and O–H groups in total. The summed E-state index contributed by atoms with van der Waals surface area (Å²) in [5.74, 6) is 0.608. The van der Waals surface area contributed by atoms with Gasteiger partial charge in [0.15, 0.2) is 0 Å². The summed E-state index contributed by atoms with van der Waals surface area (Å²) in [5.41, 5.74) is 2.99. The van der Waals surface area contributed by atoms with Crippen LogP contribution in [0.4, 0.5) is 0 Å². The number of aryl methyl sites for hydroxylation is 1. The molecule has 24 heavy (non-hydrogen) atoms. The number of benzene rings is 2. The highest BCUT2D eigenvalue weighted by Crippen LogP contribution is 2.45. The number of nitriles is 1. The number of carbonyl (C=O) groups is 1. The van der Waals surface area contributed by atoms with Crippen LogP contribution >= 0.6 is 0 Å². The third-order valence-corrected chi connectivity index (χ3v) is 4.26. The van der Waals surface area contributed by atoms with E-state index >= 15 is 0 Å². The van der Waals surface area contributed by atoms with Crippen molar-refractivity contribution >= 4 is 5.78 Å². The van der Waals surface area contributed by atoms with Gasteiger partial charge in [-0.15, -0.1) is 0 Å². The average molecular weight is 323 g/mol. The van der Waals surface area contributed by atoms with Crippen LogP contribution in [0.15, 0.2) is 24.3 Å². The number of hydrogen-bond donors (Lipinski definition) is 0. The Kier molecular flexibility index (Phi) is 3.90. The predicted octanol–water partition coefficient (Wildman–Crippen LogP) is 3.22. The third-order valence-electron chi connectivity index (χ3n) is 4.26. The maximum absolute atomic E-state index is 13.1. The molecule has 1 unspecified atom stereocenters. The van der Waals surface area contributed by atoms with Crippen molar-refractivity contribution in [2.75, 3.05) is 21.3 Å². The zero-order valence-corrected chi connectivity index (χ0v) is 14.0. The van der Waals surface area contributed by atoms with E-state index in [9.17, 15) is 10.1 Å². The van der Waals surface area contributed by atoms with Crippen molar-refractivity contribution < 1.29 is 19.0 Å². The second-order valence-corrected chi connectivity index (χ2v) is 5.62. The zero-order valence-electron chi connectivity index (χ0n) is 14.0. The Hall–Kier alpha value is -3.00. The lowest BCUT2D eigenvalue weighted by atomic mass is 9.76. The van der Waals surface area contributed by atoms with Crippen molar-refractivity contribution in [2.24, 2.45) is 0 Å². The molecule has 0 amide bonds. The molecule has 0 aromatic heterocycles. The molecule has 3 rings (SSSR count). The van der Waals surface area contributed by atoms with Crippen LogP contribution in [0.1, 0.15) is 38.5 Å². The Morgan fingerprint density at radius 2 is 1.50 bits per heavy atom. The van der Waals surface area contributed by atoms with Gasteiger partial charge in [-0.25, -0.2) is 0 Å². The first-order valence-corrected chi connectivity index (χ1v) is 7.44. The summed E-state index contributed by atoms with van der Waals surface area (Å²) in [7, 11) is 4.55. The average Bonchev–Trinajstić information content (AvgIpc) is 2.59. The number of methoxy groups -OCH3 is 3. The van der Waals surface area contributed by atoms with Gasteiger partial charge in [-0.05, 0) is 35.7 Å². The summed E-state index contributed by atoms with van der Waals surface area (Å²) in [6, 6.07) is 9.33. The molecule has 2 aromatic rings. The second kappa shape index (κ2) is 5.89. The fraction of sp³-hybridized carbons (Fsp3) is 0.263. The minimum Gasteiger partial charge on any atom is -0.497 e. The zero-order chi connectivity index (χ0) is 17.4. The first kappa shape index (κ1) is 15.9. The van der Waals surface area contributed by atoms with Gasteiger partial charge in [-0.3, -0.25) is 4.79 Å². The number of carbonyl (C=O) groups excluding carboxylic acids is 1. The van der Waals surface area contributed by atoms with Gasteiger partial charge in [0, 0.05) is 6.07 Å². The molecule has 0 bridgehead atoms. The molecule has 0 spiro atoms. The molecule has 122 valence electrons. The molecule has 5 nitrogen and oxygen atoms in total. The Bertz CT molecular complexity index is 880. The highest BCUT2D eigenvalue weighted by atomic mass is 16.5. The molecule has 5 heteroatoms. The van der Waals surface area contributed by atoms with E-state index in [0.717, 1.165) is 5.56 Å². The van der Waals surface area contributed by atoms with Crippen LogP contribution in [0, 0.1) is 18.3 Å². The van der Waals surface area contributed by atoms with E-state index in [1.165, 1.54) is 21.3 Å². The van der Waals surface area contributed by atoms with E-state index in [1.54, 1.807) is 18.2 Å². The third kappa shape index (κ3) is 2.19. The SMILES string of the molecule is COc1cc(OC)c2c(c1)C(C#N)c1cc(C)cc(OC)c1C2=O. The number of fused-ring (bicyclic) bond motifs is 2. The second-order valence-electron chi connectivity index (χ2n) is 5.62. The predicted molar refractivity (Wildman–Crippen MR) is 88.2 cm³/mol. The monoisotopic (exact) mass is 323 g/mol. The van der Waals surface area contributed by atoms with Crippen molar-refractivity contribution in [1.29, 1.82) is 5.26 Å². The minimum atomic E-state index is -0.592. The molecular weight excluding hydrogens is 306 g/mol. The van der Waals surface area contributed by atoms with Gasteiger partial charge in [-0.1, -0.05) is 6.07 Å². The van der Waals surface area contributed by atoms with Gasteiger partial charge in [-0.2, -0.15) is 5.26 Å². The summed E-state index contributed by atoms with van der Waals surface area (Å²) in [4.78, 5) is 13.1. The molecule has 0 radical (unpaired) electrons. The highest BCUT2D eigenvalue weighted by Gasteiger charge is 2.36. The molecule has 0 saturated carbocycles. The van der Waals surface area contributed by atoms with Gasteiger partial charge in [0.1, 0.15) is 17.2 Å². The summed E-state index contributed by atoms with van der Waals surface area (Å²) >= 11 is 0. The maximum atomic E-state index is 13.1. The smallest absolute Gasteiger partial charge is 0.201 e. The Labute approximate surface area is 140 Å². The lowest BCUT2D eigenvalue weighted by molar-refractivity contribution is 0.102. The van der Waals surface area contributed by atoms with Crippen molar-refractivity contribution in [3.8, 4) is 23.3 Å². The Morgan fingerprint density at radius 1 is 0.917 bits per heavy atom. The van der Waals surface area contributed by atoms with Crippen LogP contribution in [0.25, 0.3) is 0 Å². The standard InChI is InChI=1S/C19H17NO4/c1-10-5-12-14(9-20)13-7-11(22-2)8-16(24-4)18(13)19(21)17(12)15(6-10)23-3/h5-8,14H,1-4H3. The van der Waals surface area contributed by atoms with Gasteiger partial charge in [0.05, 0.1) is 44.4 Å². The molecule has 0 fully saturated rings. The molecule has 0 heterocycles. The first-order valence-electron chi connectivity index (χ1n) is 7.44. The van der Waals surface area contributed by atoms with Crippen LogP contribution in [0.5, 0.6) is 17.2 Å². The number of hydrogen-bond acceptors (Lipinski definition) is 5. The van der Waals surface area contributed by atoms with Crippen molar-refractivity contribution in [2.45, 2.75) is 12.8 Å². The fourth-order valence-electron chi connectivity index (χ4n) is 3.20. The quantitative estimate of drug-likeness (QED) is 0.867. The van der Waals surface area contributed by atoms with E-state index in [1.807, 2.05) is 13.0 Å². The number of ether oxygens (including phenoxy) is 3. The Morgan fingerprint density at radius 3 is 2.04 bits per heavy atom. The van der Waals surface area contributed by atoms with E-state index in [-0.39, 0.29) is 5.78 Å². The van der Waals surface area contributed by atoms with E-state index < -0.39 is 5.92 Å². The Balaban J connectivity index is 2.38. The lowest BCUT2D eigenvalue weighted by Gasteiger charge is -2.26. The van der Waals surface area contributed by atoms with Crippen LogP contribution < -0.4 is 14.2 Å². The molecule has 2 aromatic carbocycles. The van der Waals surface area contributed by atoms with Crippen LogP contribution in [0.2, 0.25) is 0 Å². The van der Waals surface area contributed by atoms with E-state index in [2.05, 4.69) is 6.07 Å². The summed E-state index contributed by atoms with van der Waals surface area (Å²) < 4.78 is 16.1. The van der Waals surface area contributed by atoms with Crippen LogP contribution in [-0.4, -0.2) is 27.1 Å². The fourth-order valence-corrected chi connectivity index (χ4v) is 3.20. The van der Waals surface area contributed by atoms with E-state index in [4.69, 9.17) is 14.2 Å². The molecule has 0 aliphatic heterocycles. The van der Waals surface area contributed by atoms with E-state index in [0.29, 0.717) is 39.5 Å².